The summed E-state index contributed by atoms with van der Waals surface area (Å²) in [6.45, 7) is 1.06. The molecule has 39 heavy (non-hydrogen) atoms. The minimum absolute atomic E-state index is 0.139. The van der Waals surface area contributed by atoms with Gasteiger partial charge in [-0.3, -0.25) is 4.79 Å². The van der Waals surface area contributed by atoms with Gasteiger partial charge in [0.1, 0.15) is 0 Å². The maximum absolute atomic E-state index is 13.2. The van der Waals surface area contributed by atoms with Gasteiger partial charge in [0.15, 0.2) is 0 Å². The number of carbonyl (C=O) groups is 2. The van der Waals surface area contributed by atoms with Crippen LogP contribution in [0.4, 0.5) is 0 Å². The van der Waals surface area contributed by atoms with Gasteiger partial charge in [-0.05, 0) is 48.1 Å². The molecule has 2 N–H and O–H groups in total. The van der Waals surface area contributed by atoms with Crippen molar-refractivity contribution in [2.24, 2.45) is 0 Å². The number of aromatic nitrogens is 1. The van der Waals surface area contributed by atoms with E-state index in [1.54, 1.807) is 18.2 Å². The standard InChI is InChI=1S/C29H31N3O6S/c33-28(30-39(36,37)31-12-14-38-15-13-31)21-10-11-24-25(17-21)32-18-22(29(34)35)16-20-8-4-5-9-23(20)27(32)26(24)19-6-2-1-3-7-19/h4-5,8-11,16-17,19H,1-3,6-7,12-15,18H2,(H,30,33)(H,34,35). The normalized spacial score (nSPS) is 18.6. The Morgan fingerprint density at radius 3 is 2.49 bits per heavy atom. The fourth-order valence-corrected chi connectivity index (χ4v) is 7.29. The van der Waals surface area contributed by atoms with Crippen molar-refractivity contribution < 1.29 is 27.9 Å². The maximum atomic E-state index is 13.2. The predicted octanol–water partition coefficient (Wildman–Crippen LogP) is 4.14. The van der Waals surface area contributed by atoms with Crippen molar-refractivity contribution in [3.05, 3.63) is 64.7 Å². The van der Waals surface area contributed by atoms with Crippen LogP contribution in [0, 0.1) is 0 Å². The molecule has 0 bridgehead atoms. The number of fused-ring (bicyclic) bond motifs is 5. The average Bonchev–Trinajstić information content (AvgIpc) is 3.15. The Labute approximate surface area is 227 Å². The van der Waals surface area contributed by atoms with Gasteiger partial charge in [-0.25, -0.2) is 9.52 Å². The molecule has 0 radical (unpaired) electrons. The zero-order valence-corrected chi connectivity index (χ0v) is 22.4. The van der Waals surface area contributed by atoms with E-state index in [2.05, 4.69) is 4.72 Å². The highest BCUT2D eigenvalue weighted by Gasteiger charge is 2.31. The molecule has 0 atom stereocenters. The number of carboxylic acids is 1. The van der Waals surface area contributed by atoms with Gasteiger partial charge in [0, 0.05) is 35.1 Å². The highest BCUT2D eigenvalue weighted by Crippen LogP contribution is 2.46. The Morgan fingerprint density at radius 1 is 1.00 bits per heavy atom. The summed E-state index contributed by atoms with van der Waals surface area (Å²) < 4.78 is 36.3. The second-order valence-electron chi connectivity index (χ2n) is 10.4. The predicted molar refractivity (Wildman–Crippen MR) is 148 cm³/mol. The molecule has 3 heterocycles. The van der Waals surface area contributed by atoms with Crippen molar-refractivity contribution in [2.45, 2.75) is 44.6 Å². The number of carboxylic acid groups (broad SMARTS) is 1. The molecule has 6 rings (SSSR count). The third kappa shape index (κ3) is 4.77. The second kappa shape index (κ2) is 10.3. The Kier molecular flexibility index (Phi) is 6.78. The summed E-state index contributed by atoms with van der Waals surface area (Å²) in [5.74, 6) is -1.40. The minimum atomic E-state index is -4.02. The largest absolute Gasteiger partial charge is 0.478 e. The SMILES string of the molecule is O=C(O)C1=Cc2ccccc2-c2c(C3CCCCC3)c3ccc(C(=O)NS(=O)(=O)N4CCOCC4)cc3n2C1. The van der Waals surface area contributed by atoms with Crippen LogP contribution in [0.5, 0.6) is 0 Å². The Bertz CT molecular complexity index is 1590. The number of nitrogens with zero attached hydrogens (tertiary/aromatic N) is 2. The summed E-state index contributed by atoms with van der Waals surface area (Å²) in [5, 5.41) is 11.0. The smallest absolute Gasteiger partial charge is 0.333 e. The molecule has 2 aromatic carbocycles. The van der Waals surface area contributed by atoms with Crippen LogP contribution in [-0.2, 0) is 26.3 Å². The van der Waals surface area contributed by atoms with E-state index in [-0.39, 0.29) is 44.0 Å². The van der Waals surface area contributed by atoms with Crippen molar-refractivity contribution in [1.82, 2.24) is 13.6 Å². The van der Waals surface area contributed by atoms with Crippen LogP contribution in [0.25, 0.3) is 28.2 Å². The molecule has 204 valence electrons. The number of morpholine rings is 1. The summed E-state index contributed by atoms with van der Waals surface area (Å²) >= 11 is 0. The summed E-state index contributed by atoms with van der Waals surface area (Å²) in [5.41, 5.74) is 5.16. The molecule has 10 heteroatoms. The van der Waals surface area contributed by atoms with Crippen molar-refractivity contribution in [3.8, 4) is 11.3 Å². The molecule has 3 aliphatic rings. The average molecular weight is 550 g/mol. The first-order valence-electron chi connectivity index (χ1n) is 13.4. The summed E-state index contributed by atoms with van der Waals surface area (Å²) in [4.78, 5) is 25.4. The molecular weight excluding hydrogens is 518 g/mol. The monoisotopic (exact) mass is 549 g/mol. The van der Waals surface area contributed by atoms with Crippen LogP contribution in [0.1, 0.15) is 59.5 Å². The molecule has 3 aromatic rings. The van der Waals surface area contributed by atoms with Gasteiger partial charge in [0.2, 0.25) is 0 Å². The van der Waals surface area contributed by atoms with E-state index in [0.717, 1.165) is 53.4 Å². The van der Waals surface area contributed by atoms with Gasteiger partial charge in [-0.15, -0.1) is 0 Å². The highest BCUT2D eigenvalue weighted by molar-refractivity contribution is 7.87. The first kappa shape index (κ1) is 25.8. The molecule has 1 aromatic heterocycles. The summed E-state index contributed by atoms with van der Waals surface area (Å²) in [6.07, 6.45) is 7.30. The highest BCUT2D eigenvalue weighted by atomic mass is 32.2. The van der Waals surface area contributed by atoms with Gasteiger partial charge in [0.05, 0.1) is 31.0 Å². The fourth-order valence-electron chi connectivity index (χ4n) is 6.18. The molecule has 2 fully saturated rings. The Balaban J connectivity index is 1.49. The molecule has 1 saturated carbocycles. The Hall–Kier alpha value is -3.47. The zero-order valence-electron chi connectivity index (χ0n) is 21.6. The molecule has 2 aliphatic heterocycles. The summed E-state index contributed by atoms with van der Waals surface area (Å²) in [6, 6.07) is 13.1. The van der Waals surface area contributed by atoms with Crippen molar-refractivity contribution >= 4 is 39.1 Å². The zero-order chi connectivity index (χ0) is 27.1. The van der Waals surface area contributed by atoms with E-state index in [9.17, 15) is 23.1 Å². The molecule has 1 amide bonds. The molecule has 1 aliphatic carbocycles. The molecule has 0 spiro atoms. The van der Waals surface area contributed by atoms with Gasteiger partial charge >= 0.3 is 16.2 Å². The lowest BCUT2D eigenvalue weighted by molar-refractivity contribution is -0.132. The number of benzene rings is 2. The van der Waals surface area contributed by atoms with Crippen molar-refractivity contribution in [1.29, 1.82) is 0 Å². The number of rotatable bonds is 5. The summed E-state index contributed by atoms with van der Waals surface area (Å²) in [7, 11) is -4.02. The number of aliphatic carboxylic acids is 1. The third-order valence-electron chi connectivity index (χ3n) is 8.06. The van der Waals surface area contributed by atoms with E-state index in [0.29, 0.717) is 5.92 Å². The van der Waals surface area contributed by atoms with Gasteiger partial charge in [-0.2, -0.15) is 12.7 Å². The van der Waals surface area contributed by atoms with Crippen LogP contribution in [0.15, 0.2) is 48.0 Å². The van der Waals surface area contributed by atoms with Crippen LogP contribution in [0.3, 0.4) is 0 Å². The molecular formula is C29H31N3O6S. The fraction of sp³-hybridized carbons (Fsp3) is 0.379. The lowest BCUT2D eigenvalue weighted by atomic mass is 9.81. The first-order chi connectivity index (χ1) is 18.8. The third-order valence-corrected chi connectivity index (χ3v) is 9.55. The van der Waals surface area contributed by atoms with E-state index >= 15 is 0 Å². The van der Waals surface area contributed by atoms with Gasteiger partial charge in [0.25, 0.3) is 5.91 Å². The van der Waals surface area contributed by atoms with Gasteiger partial charge in [-0.1, -0.05) is 49.6 Å². The lowest BCUT2D eigenvalue weighted by Gasteiger charge is -2.25. The van der Waals surface area contributed by atoms with Crippen LogP contribution in [-0.4, -0.2) is 60.6 Å². The van der Waals surface area contributed by atoms with Crippen molar-refractivity contribution in [3.63, 3.8) is 0 Å². The number of hydrogen-bond acceptors (Lipinski definition) is 5. The van der Waals surface area contributed by atoms with Crippen LogP contribution < -0.4 is 4.72 Å². The number of hydrogen-bond donors (Lipinski definition) is 2. The van der Waals surface area contributed by atoms with Crippen LogP contribution in [0.2, 0.25) is 0 Å². The number of ether oxygens (including phenoxy) is 1. The van der Waals surface area contributed by atoms with E-state index in [1.165, 1.54) is 16.3 Å². The van der Waals surface area contributed by atoms with Crippen molar-refractivity contribution in [2.75, 3.05) is 26.3 Å². The number of nitrogens with one attached hydrogen (secondary N) is 1. The quantitative estimate of drug-likeness (QED) is 0.494. The molecule has 0 unspecified atom stereocenters. The molecule has 1 saturated heterocycles. The maximum Gasteiger partial charge on any atom is 0.333 e. The van der Waals surface area contributed by atoms with Crippen LogP contribution >= 0.6 is 0 Å². The Morgan fingerprint density at radius 2 is 1.74 bits per heavy atom. The second-order valence-corrected chi connectivity index (χ2v) is 12.1. The van der Waals surface area contributed by atoms with E-state index in [4.69, 9.17) is 4.74 Å². The first-order valence-corrected chi connectivity index (χ1v) is 14.9. The topological polar surface area (TPSA) is 118 Å². The van der Waals surface area contributed by atoms with E-state index in [1.807, 2.05) is 34.9 Å². The van der Waals surface area contributed by atoms with Gasteiger partial charge < -0.3 is 14.4 Å². The lowest BCUT2D eigenvalue weighted by Crippen LogP contribution is -2.48. The van der Waals surface area contributed by atoms with E-state index < -0.39 is 22.1 Å². The number of carbonyl (C=O) groups excluding carboxylic acids is 1. The molecule has 9 nitrogen and oxygen atoms in total. The number of amides is 1. The minimum Gasteiger partial charge on any atom is -0.478 e.